The molecule has 0 atom stereocenters. The van der Waals surface area contributed by atoms with Crippen molar-refractivity contribution in [2.75, 3.05) is 12.0 Å². The highest BCUT2D eigenvalue weighted by atomic mass is 35.5. The van der Waals surface area contributed by atoms with E-state index in [9.17, 15) is 4.79 Å². The first kappa shape index (κ1) is 17.0. The Kier molecular flexibility index (Phi) is 5.31. The van der Waals surface area contributed by atoms with E-state index >= 15 is 0 Å². The smallest absolute Gasteiger partial charge is 0.258 e. The van der Waals surface area contributed by atoms with Gasteiger partial charge < -0.3 is 9.64 Å². The Morgan fingerprint density at radius 2 is 1.96 bits per heavy atom. The summed E-state index contributed by atoms with van der Waals surface area (Å²) in [7, 11) is 1.60. The molecule has 0 saturated heterocycles. The van der Waals surface area contributed by atoms with Crippen molar-refractivity contribution >= 4 is 23.2 Å². The van der Waals surface area contributed by atoms with Gasteiger partial charge in [-0.25, -0.2) is 0 Å². The van der Waals surface area contributed by atoms with Crippen molar-refractivity contribution in [1.29, 1.82) is 0 Å². The number of anilines is 1. The van der Waals surface area contributed by atoms with Gasteiger partial charge >= 0.3 is 0 Å². The van der Waals surface area contributed by atoms with Crippen molar-refractivity contribution in [3.8, 4) is 5.75 Å². The predicted octanol–water partition coefficient (Wildman–Crippen LogP) is 4.59. The maximum atomic E-state index is 13.1. The van der Waals surface area contributed by atoms with Gasteiger partial charge in [0.2, 0.25) is 0 Å². The van der Waals surface area contributed by atoms with E-state index in [1.54, 1.807) is 48.7 Å². The lowest BCUT2D eigenvalue weighted by Crippen LogP contribution is -2.30. The summed E-state index contributed by atoms with van der Waals surface area (Å²) in [4.78, 5) is 18.9. The lowest BCUT2D eigenvalue weighted by atomic mass is 10.1. The number of carbonyl (C=O) groups excluding carboxylic acids is 1. The fourth-order valence-corrected chi connectivity index (χ4v) is 2.70. The summed E-state index contributed by atoms with van der Waals surface area (Å²) in [6.07, 6.45) is 3.45. The Labute approximate surface area is 151 Å². The second-order valence-corrected chi connectivity index (χ2v) is 5.90. The van der Waals surface area contributed by atoms with Gasteiger partial charge in [0.05, 0.1) is 13.7 Å². The summed E-state index contributed by atoms with van der Waals surface area (Å²) in [5.74, 6) is 0.548. The van der Waals surface area contributed by atoms with Crippen LogP contribution in [0.1, 0.15) is 15.9 Å². The maximum absolute atomic E-state index is 13.1. The highest BCUT2D eigenvalue weighted by Crippen LogP contribution is 2.25. The maximum Gasteiger partial charge on any atom is 0.258 e. The number of benzene rings is 2. The van der Waals surface area contributed by atoms with Crippen molar-refractivity contribution in [1.82, 2.24) is 4.98 Å². The van der Waals surface area contributed by atoms with Crippen LogP contribution >= 0.6 is 11.6 Å². The van der Waals surface area contributed by atoms with Crippen LogP contribution < -0.4 is 9.64 Å². The van der Waals surface area contributed by atoms with Gasteiger partial charge in [0.1, 0.15) is 5.75 Å². The Morgan fingerprint density at radius 3 is 2.68 bits per heavy atom. The highest BCUT2D eigenvalue weighted by molar-refractivity contribution is 6.31. The van der Waals surface area contributed by atoms with Crippen molar-refractivity contribution in [3.63, 3.8) is 0 Å². The summed E-state index contributed by atoms with van der Waals surface area (Å²) in [5.41, 5.74) is 2.20. The highest BCUT2D eigenvalue weighted by Gasteiger charge is 2.19. The van der Waals surface area contributed by atoms with Gasteiger partial charge in [-0.15, -0.1) is 0 Å². The van der Waals surface area contributed by atoms with Crippen LogP contribution in [-0.4, -0.2) is 18.0 Å². The van der Waals surface area contributed by atoms with E-state index in [0.29, 0.717) is 22.9 Å². The topological polar surface area (TPSA) is 42.4 Å². The van der Waals surface area contributed by atoms with E-state index in [0.717, 1.165) is 11.3 Å². The number of pyridine rings is 1. The molecule has 1 amide bonds. The zero-order chi connectivity index (χ0) is 17.6. The van der Waals surface area contributed by atoms with Crippen LogP contribution in [0, 0.1) is 0 Å². The number of amides is 1. The third-order valence-electron chi connectivity index (χ3n) is 3.75. The van der Waals surface area contributed by atoms with E-state index in [1.807, 2.05) is 36.4 Å². The number of aromatic nitrogens is 1. The molecule has 2 aromatic carbocycles. The van der Waals surface area contributed by atoms with E-state index in [2.05, 4.69) is 4.98 Å². The fraction of sp³-hybridized carbons (Fsp3) is 0.100. The van der Waals surface area contributed by atoms with Gasteiger partial charge in [-0.1, -0.05) is 29.8 Å². The third-order valence-corrected chi connectivity index (χ3v) is 3.98. The van der Waals surface area contributed by atoms with Crippen LogP contribution in [0.2, 0.25) is 5.02 Å². The first-order valence-electron chi connectivity index (χ1n) is 7.78. The lowest BCUT2D eigenvalue weighted by molar-refractivity contribution is 0.0985. The average molecular weight is 353 g/mol. The molecule has 0 saturated carbocycles. The van der Waals surface area contributed by atoms with E-state index < -0.39 is 0 Å². The number of methoxy groups -OCH3 is 1. The molecule has 3 rings (SSSR count). The minimum atomic E-state index is -0.139. The number of halogens is 1. The number of hydrogen-bond acceptors (Lipinski definition) is 3. The van der Waals surface area contributed by atoms with Gasteiger partial charge in [0.15, 0.2) is 0 Å². The van der Waals surface area contributed by atoms with Gasteiger partial charge in [0, 0.05) is 34.7 Å². The van der Waals surface area contributed by atoms with Gasteiger partial charge in [-0.05, 0) is 42.0 Å². The number of nitrogens with zero attached hydrogens (tertiary/aromatic N) is 2. The van der Waals surface area contributed by atoms with Crippen molar-refractivity contribution in [2.45, 2.75) is 6.54 Å². The Bertz CT molecular complexity index is 868. The molecule has 0 bridgehead atoms. The zero-order valence-electron chi connectivity index (χ0n) is 13.7. The predicted molar refractivity (Wildman–Crippen MR) is 99.2 cm³/mol. The van der Waals surface area contributed by atoms with Crippen LogP contribution in [0.5, 0.6) is 5.75 Å². The van der Waals surface area contributed by atoms with Gasteiger partial charge in [-0.3, -0.25) is 9.78 Å². The third kappa shape index (κ3) is 4.17. The van der Waals surface area contributed by atoms with E-state index in [1.165, 1.54) is 0 Å². The molecule has 0 aliphatic carbocycles. The summed E-state index contributed by atoms with van der Waals surface area (Å²) < 4.78 is 5.29. The first-order valence-corrected chi connectivity index (χ1v) is 8.15. The molecule has 0 spiro atoms. The molecule has 0 unspecified atom stereocenters. The monoisotopic (exact) mass is 352 g/mol. The molecule has 1 aromatic heterocycles. The quantitative estimate of drug-likeness (QED) is 0.674. The van der Waals surface area contributed by atoms with E-state index in [-0.39, 0.29) is 5.91 Å². The molecule has 25 heavy (non-hydrogen) atoms. The minimum absolute atomic E-state index is 0.139. The normalized spacial score (nSPS) is 10.3. The molecular formula is C20H17ClN2O2. The molecule has 0 aliphatic heterocycles. The molecule has 126 valence electrons. The molecule has 5 heteroatoms. The average Bonchev–Trinajstić information content (AvgIpc) is 2.66. The zero-order valence-corrected chi connectivity index (χ0v) is 14.5. The van der Waals surface area contributed by atoms with Crippen LogP contribution in [0.15, 0.2) is 73.1 Å². The summed E-state index contributed by atoms with van der Waals surface area (Å²) in [6, 6.07) is 18.1. The summed E-state index contributed by atoms with van der Waals surface area (Å²) >= 11 is 6.05. The molecule has 1 heterocycles. The Morgan fingerprint density at radius 1 is 1.12 bits per heavy atom. The van der Waals surface area contributed by atoms with Crippen molar-refractivity contribution in [2.24, 2.45) is 0 Å². The van der Waals surface area contributed by atoms with Crippen molar-refractivity contribution < 1.29 is 9.53 Å². The molecule has 4 nitrogen and oxygen atoms in total. The number of hydrogen-bond donors (Lipinski definition) is 0. The van der Waals surface area contributed by atoms with Gasteiger partial charge in [-0.2, -0.15) is 0 Å². The standard InChI is InChI=1S/C20H17ClN2O2/c1-25-19-9-3-8-18(12-19)23(14-15-5-4-10-22-13-15)20(24)16-6-2-7-17(21)11-16/h2-13H,14H2,1H3. The SMILES string of the molecule is COc1cccc(N(Cc2cccnc2)C(=O)c2cccc(Cl)c2)c1. The second-order valence-electron chi connectivity index (χ2n) is 5.46. The molecule has 0 aliphatic rings. The molecule has 0 fully saturated rings. The molecule has 0 N–H and O–H groups in total. The Balaban J connectivity index is 2.00. The van der Waals surface area contributed by atoms with Crippen LogP contribution in [0.3, 0.4) is 0 Å². The Hall–Kier alpha value is -2.85. The minimum Gasteiger partial charge on any atom is -0.497 e. The number of rotatable bonds is 5. The lowest BCUT2D eigenvalue weighted by Gasteiger charge is -2.23. The van der Waals surface area contributed by atoms with Gasteiger partial charge in [0.25, 0.3) is 5.91 Å². The number of ether oxygens (including phenoxy) is 1. The second kappa shape index (κ2) is 7.81. The molecule has 0 radical (unpaired) electrons. The van der Waals surface area contributed by atoms with Crippen molar-refractivity contribution in [3.05, 3.63) is 89.2 Å². The number of carbonyl (C=O) groups is 1. The first-order chi connectivity index (χ1) is 12.2. The molecule has 3 aromatic rings. The van der Waals surface area contributed by atoms with Crippen LogP contribution in [0.25, 0.3) is 0 Å². The van der Waals surface area contributed by atoms with E-state index in [4.69, 9.17) is 16.3 Å². The summed E-state index contributed by atoms with van der Waals surface area (Å²) in [6.45, 7) is 0.395. The largest absolute Gasteiger partial charge is 0.497 e. The molecular weight excluding hydrogens is 336 g/mol. The van der Waals surface area contributed by atoms with Crippen LogP contribution in [-0.2, 0) is 6.54 Å². The summed E-state index contributed by atoms with van der Waals surface area (Å²) in [5, 5.41) is 0.526. The fourth-order valence-electron chi connectivity index (χ4n) is 2.51. The van der Waals surface area contributed by atoms with Crippen LogP contribution in [0.4, 0.5) is 5.69 Å².